The summed E-state index contributed by atoms with van der Waals surface area (Å²) in [5.74, 6) is -0.385. The summed E-state index contributed by atoms with van der Waals surface area (Å²) >= 11 is 0. The molecular weight excluding hydrogens is 604 g/mol. The Morgan fingerprint density at radius 2 is 1.09 bits per heavy atom. The maximum Gasteiger partial charge on any atom is 0.343 e. The Morgan fingerprint density at radius 1 is 0.596 bits per heavy atom. The second kappa shape index (κ2) is 21.4. The molecule has 1 fully saturated rings. The normalized spacial score (nSPS) is 15.6. The van der Waals surface area contributed by atoms with Gasteiger partial charge in [-0.15, -0.1) is 0 Å². The van der Waals surface area contributed by atoms with E-state index in [1.165, 1.54) is 6.08 Å². The maximum absolute atomic E-state index is 12.7. The SMILES string of the molecule is C=CC(=O)OCCCCCCOC1CCC(C(=O)Oc2ccc(OC(=O)c3ccc(OCCCCCOC(=O)C=C)cc3)cc2)CC1. The van der Waals surface area contributed by atoms with Crippen molar-refractivity contribution < 1.29 is 47.6 Å². The van der Waals surface area contributed by atoms with Crippen molar-refractivity contribution in [2.45, 2.75) is 76.7 Å². The Morgan fingerprint density at radius 3 is 1.66 bits per heavy atom. The lowest BCUT2D eigenvalue weighted by Crippen LogP contribution is -2.29. The largest absolute Gasteiger partial charge is 0.494 e. The van der Waals surface area contributed by atoms with Crippen molar-refractivity contribution in [3.05, 3.63) is 79.4 Å². The molecular formula is C37H46O10. The van der Waals surface area contributed by atoms with Crippen LogP contribution in [0.1, 0.15) is 81.0 Å². The van der Waals surface area contributed by atoms with Crippen LogP contribution >= 0.6 is 0 Å². The van der Waals surface area contributed by atoms with Crippen LogP contribution in [0.15, 0.2) is 73.8 Å². The van der Waals surface area contributed by atoms with Gasteiger partial charge in [0.1, 0.15) is 17.2 Å². The van der Waals surface area contributed by atoms with Gasteiger partial charge in [-0.1, -0.05) is 19.6 Å². The molecule has 3 rings (SSSR count). The molecule has 2 aromatic rings. The first-order chi connectivity index (χ1) is 22.9. The zero-order valence-electron chi connectivity index (χ0n) is 27.0. The van der Waals surface area contributed by atoms with Crippen molar-refractivity contribution in [1.29, 1.82) is 0 Å². The van der Waals surface area contributed by atoms with Crippen LogP contribution in [0.2, 0.25) is 0 Å². The van der Waals surface area contributed by atoms with Crippen molar-refractivity contribution in [2.75, 3.05) is 26.4 Å². The summed E-state index contributed by atoms with van der Waals surface area (Å²) in [5, 5.41) is 0. The van der Waals surface area contributed by atoms with E-state index in [9.17, 15) is 19.2 Å². The molecule has 2 aromatic carbocycles. The molecule has 0 unspecified atom stereocenters. The Kier molecular flexibility index (Phi) is 16.8. The van der Waals surface area contributed by atoms with Gasteiger partial charge in [0.2, 0.25) is 0 Å². The van der Waals surface area contributed by atoms with E-state index in [0.29, 0.717) is 62.1 Å². The van der Waals surface area contributed by atoms with Gasteiger partial charge in [-0.3, -0.25) is 4.79 Å². The van der Waals surface area contributed by atoms with Crippen LogP contribution in [0.3, 0.4) is 0 Å². The van der Waals surface area contributed by atoms with E-state index in [1.807, 2.05) is 0 Å². The Bertz CT molecular complexity index is 1280. The van der Waals surface area contributed by atoms with E-state index in [1.54, 1.807) is 48.5 Å². The standard InChI is InChI=1S/C37H46O10/c1-3-34(38)44-26-9-6-5-8-24-42-30-16-12-28(13-17-30)36(40)46-32-20-22-33(23-21-32)47-37(41)29-14-18-31(19-15-29)43-25-10-7-11-27-45-35(39)4-2/h3-4,14-15,18-23,28,30H,1-2,5-13,16-17,24-27H2. The summed E-state index contributed by atoms with van der Waals surface area (Å²) in [6.07, 6.45) is 11.7. The zero-order chi connectivity index (χ0) is 33.7. The quantitative estimate of drug-likeness (QED) is 0.0607. The highest BCUT2D eigenvalue weighted by Crippen LogP contribution is 2.29. The van der Waals surface area contributed by atoms with Gasteiger partial charge in [-0.05, 0) is 113 Å². The molecule has 0 aromatic heterocycles. The minimum atomic E-state index is -0.513. The fourth-order valence-corrected chi connectivity index (χ4v) is 4.94. The first kappa shape index (κ1) is 37.0. The molecule has 10 nitrogen and oxygen atoms in total. The van der Waals surface area contributed by atoms with Crippen LogP contribution in [0.5, 0.6) is 17.2 Å². The molecule has 0 saturated heterocycles. The van der Waals surface area contributed by atoms with Gasteiger partial charge < -0.3 is 28.4 Å². The lowest BCUT2D eigenvalue weighted by Gasteiger charge is -2.27. The third-order valence-corrected chi connectivity index (χ3v) is 7.62. The number of esters is 4. The number of carbonyl (C=O) groups is 4. The highest BCUT2D eigenvalue weighted by Gasteiger charge is 2.28. The molecule has 0 spiro atoms. The van der Waals surface area contributed by atoms with Crippen molar-refractivity contribution >= 4 is 23.9 Å². The highest BCUT2D eigenvalue weighted by atomic mass is 16.5. The molecule has 0 heterocycles. The average Bonchev–Trinajstić information content (AvgIpc) is 3.10. The van der Waals surface area contributed by atoms with Crippen molar-refractivity contribution in [1.82, 2.24) is 0 Å². The molecule has 1 aliphatic carbocycles. The number of hydrogen-bond acceptors (Lipinski definition) is 10. The lowest BCUT2D eigenvalue weighted by molar-refractivity contribution is -0.141. The van der Waals surface area contributed by atoms with Crippen LogP contribution in [-0.2, 0) is 28.6 Å². The molecule has 0 N–H and O–H groups in total. The number of rotatable bonds is 21. The van der Waals surface area contributed by atoms with E-state index in [0.717, 1.165) is 63.9 Å². The molecule has 254 valence electrons. The van der Waals surface area contributed by atoms with Gasteiger partial charge >= 0.3 is 23.9 Å². The predicted octanol–water partition coefficient (Wildman–Crippen LogP) is 6.95. The topological polar surface area (TPSA) is 124 Å². The van der Waals surface area contributed by atoms with Crippen LogP contribution < -0.4 is 14.2 Å². The van der Waals surface area contributed by atoms with E-state index < -0.39 is 11.9 Å². The zero-order valence-corrected chi connectivity index (χ0v) is 27.0. The fraction of sp³-hybridized carbons (Fsp3) is 0.459. The van der Waals surface area contributed by atoms with Crippen molar-refractivity contribution in [2.24, 2.45) is 5.92 Å². The van der Waals surface area contributed by atoms with Crippen molar-refractivity contribution in [3.8, 4) is 17.2 Å². The molecule has 0 bridgehead atoms. The second-order valence-corrected chi connectivity index (χ2v) is 11.2. The van der Waals surface area contributed by atoms with E-state index in [4.69, 9.17) is 28.4 Å². The maximum atomic E-state index is 12.7. The van der Waals surface area contributed by atoms with E-state index in [2.05, 4.69) is 13.2 Å². The molecule has 1 aliphatic rings. The molecule has 0 radical (unpaired) electrons. The number of benzene rings is 2. The Balaban J connectivity index is 1.27. The van der Waals surface area contributed by atoms with Crippen LogP contribution in [-0.4, -0.2) is 56.4 Å². The van der Waals surface area contributed by atoms with Gasteiger partial charge in [0.05, 0.1) is 37.4 Å². The third kappa shape index (κ3) is 14.7. The minimum Gasteiger partial charge on any atom is -0.494 e. The Hall–Kier alpha value is -4.44. The first-order valence-electron chi connectivity index (χ1n) is 16.3. The average molecular weight is 651 g/mol. The predicted molar refractivity (Wildman–Crippen MR) is 175 cm³/mol. The van der Waals surface area contributed by atoms with Crippen LogP contribution in [0.4, 0.5) is 0 Å². The van der Waals surface area contributed by atoms with Gasteiger partial charge in [0.15, 0.2) is 0 Å². The molecule has 0 aliphatic heterocycles. The fourth-order valence-electron chi connectivity index (χ4n) is 4.94. The van der Waals surface area contributed by atoms with E-state index in [-0.39, 0.29) is 24.0 Å². The monoisotopic (exact) mass is 650 g/mol. The summed E-state index contributed by atoms with van der Waals surface area (Å²) < 4.78 is 32.7. The number of ether oxygens (including phenoxy) is 6. The second-order valence-electron chi connectivity index (χ2n) is 11.2. The summed E-state index contributed by atoms with van der Waals surface area (Å²) in [7, 11) is 0. The first-order valence-corrected chi connectivity index (χ1v) is 16.3. The molecule has 0 amide bonds. The van der Waals surface area contributed by atoms with Crippen molar-refractivity contribution in [3.63, 3.8) is 0 Å². The van der Waals surface area contributed by atoms with Gasteiger partial charge in [-0.2, -0.15) is 0 Å². The summed E-state index contributed by atoms with van der Waals surface area (Å²) in [4.78, 5) is 47.4. The van der Waals surface area contributed by atoms with E-state index >= 15 is 0 Å². The molecule has 0 atom stereocenters. The van der Waals surface area contributed by atoms with Crippen LogP contribution in [0, 0.1) is 5.92 Å². The lowest BCUT2D eigenvalue weighted by atomic mass is 9.87. The molecule has 1 saturated carbocycles. The Labute approximate surface area is 277 Å². The smallest absolute Gasteiger partial charge is 0.343 e. The minimum absolute atomic E-state index is 0.156. The summed E-state index contributed by atoms with van der Waals surface area (Å²) in [5.41, 5.74) is 0.375. The van der Waals surface area contributed by atoms with Gasteiger partial charge in [0.25, 0.3) is 0 Å². The third-order valence-electron chi connectivity index (χ3n) is 7.62. The summed E-state index contributed by atoms with van der Waals surface area (Å²) in [6.45, 7) is 8.69. The van der Waals surface area contributed by atoms with Gasteiger partial charge in [0, 0.05) is 18.8 Å². The number of unbranched alkanes of at least 4 members (excludes halogenated alkanes) is 5. The van der Waals surface area contributed by atoms with Crippen LogP contribution in [0.25, 0.3) is 0 Å². The van der Waals surface area contributed by atoms with Gasteiger partial charge in [-0.25, -0.2) is 14.4 Å². The summed E-state index contributed by atoms with van der Waals surface area (Å²) in [6, 6.07) is 13.1. The molecule has 10 heteroatoms. The number of carbonyl (C=O) groups excluding carboxylic acids is 4. The number of hydrogen-bond donors (Lipinski definition) is 0. The highest BCUT2D eigenvalue weighted by molar-refractivity contribution is 5.91. The molecule has 47 heavy (non-hydrogen) atoms.